The van der Waals surface area contributed by atoms with Crippen molar-refractivity contribution in [1.82, 2.24) is 5.32 Å². The molecule has 0 radical (unpaired) electrons. The van der Waals surface area contributed by atoms with E-state index >= 15 is 0 Å². The lowest BCUT2D eigenvalue weighted by Gasteiger charge is -2.25. The van der Waals surface area contributed by atoms with E-state index in [1.807, 2.05) is 0 Å². The molecule has 0 aliphatic heterocycles. The molecule has 0 saturated carbocycles. The molecule has 0 aliphatic rings. The molecule has 0 fully saturated rings. The van der Waals surface area contributed by atoms with Crippen molar-refractivity contribution in [2.75, 3.05) is 31.1 Å². The molecule has 3 aromatic rings. The smallest absolute Gasteiger partial charge is 0.264 e. The summed E-state index contributed by atoms with van der Waals surface area (Å²) < 4.78 is 51.4. The molecule has 0 aliphatic carbocycles. The van der Waals surface area contributed by atoms with E-state index in [1.165, 1.54) is 55.6 Å². The number of nitrogens with zero attached hydrogens (tertiary/aromatic N) is 1. The number of ether oxygens (including phenoxy) is 2. The standard InChI is InChI=1S/C23H22ClFN2O5S/c1-31-22-12-7-17(24)15-21(22)27(33(29,30)20-5-3-2-4-6-20)16-23(28)26-13-14-32-19-10-8-18(25)9-11-19/h2-12,15H,13-14,16H2,1H3,(H,26,28). The van der Waals surface area contributed by atoms with E-state index in [2.05, 4.69) is 5.32 Å². The van der Waals surface area contributed by atoms with Gasteiger partial charge >= 0.3 is 0 Å². The van der Waals surface area contributed by atoms with Gasteiger partial charge in [-0.3, -0.25) is 9.10 Å². The number of carbonyl (C=O) groups excluding carboxylic acids is 1. The predicted molar refractivity (Wildman–Crippen MR) is 124 cm³/mol. The largest absolute Gasteiger partial charge is 0.495 e. The molecular formula is C23H22ClFN2O5S. The van der Waals surface area contributed by atoms with Crippen molar-refractivity contribution in [2.45, 2.75) is 4.90 Å². The fraction of sp³-hybridized carbons (Fsp3) is 0.174. The van der Waals surface area contributed by atoms with Crippen molar-refractivity contribution < 1.29 is 27.1 Å². The highest BCUT2D eigenvalue weighted by atomic mass is 35.5. The lowest BCUT2D eigenvalue weighted by Crippen LogP contribution is -2.42. The molecule has 7 nitrogen and oxygen atoms in total. The molecule has 33 heavy (non-hydrogen) atoms. The molecule has 3 rings (SSSR count). The Morgan fingerprint density at radius 2 is 1.76 bits per heavy atom. The molecule has 0 unspecified atom stereocenters. The molecule has 0 heterocycles. The maximum atomic E-state index is 13.4. The van der Waals surface area contributed by atoms with Crippen LogP contribution in [0.2, 0.25) is 5.02 Å². The molecule has 0 atom stereocenters. The topological polar surface area (TPSA) is 84.9 Å². The summed E-state index contributed by atoms with van der Waals surface area (Å²) in [5.74, 6) is -0.250. The minimum Gasteiger partial charge on any atom is -0.495 e. The van der Waals surface area contributed by atoms with E-state index in [0.717, 1.165) is 4.31 Å². The molecule has 0 spiro atoms. The van der Waals surface area contributed by atoms with E-state index in [1.54, 1.807) is 24.3 Å². The first-order valence-electron chi connectivity index (χ1n) is 9.87. The zero-order chi connectivity index (χ0) is 23.8. The number of nitrogens with one attached hydrogen (secondary N) is 1. The summed E-state index contributed by atoms with van der Waals surface area (Å²) >= 11 is 6.10. The van der Waals surface area contributed by atoms with Crippen LogP contribution >= 0.6 is 11.6 Å². The minimum absolute atomic E-state index is 0.0134. The number of benzene rings is 3. The van der Waals surface area contributed by atoms with Crippen molar-refractivity contribution >= 4 is 33.2 Å². The van der Waals surface area contributed by atoms with Gasteiger partial charge in [0.2, 0.25) is 5.91 Å². The number of sulfonamides is 1. The second-order valence-electron chi connectivity index (χ2n) is 6.79. The molecule has 10 heteroatoms. The number of anilines is 1. The third-order valence-electron chi connectivity index (χ3n) is 4.53. The first kappa shape index (κ1) is 24.3. The Bertz CT molecular complexity index is 1190. The van der Waals surface area contributed by atoms with Gasteiger partial charge in [-0.1, -0.05) is 29.8 Å². The monoisotopic (exact) mass is 492 g/mol. The van der Waals surface area contributed by atoms with Gasteiger partial charge in [0, 0.05) is 5.02 Å². The number of rotatable bonds is 10. The van der Waals surface area contributed by atoms with Crippen LogP contribution in [0.15, 0.2) is 77.7 Å². The zero-order valence-electron chi connectivity index (χ0n) is 17.7. The fourth-order valence-corrected chi connectivity index (χ4v) is 4.56. The molecule has 3 aromatic carbocycles. The Labute approximate surface area is 196 Å². The van der Waals surface area contributed by atoms with E-state index in [4.69, 9.17) is 21.1 Å². The van der Waals surface area contributed by atoms with Gasteiger partial charge in [0.25, 0.3) is 10.0 Å². The van der Waals surface area contributed by atoms with E-state index in [-0.39, 0.29) is 40.3 Å². The average Bonchev–Trinajstić information content (AvgIpc) is 2.82. The minimum atomic E-state index is -4.11. The Kier molecular flexibility index (Phi) is 8.13. The maximum absolute atomic E-state index is 13.4. The van der Waals surface area contributed by atoms with Crippen LogP contribution < -0.4 is 19.1 Å². The summed E-state index contributed by atoms with van der Waals surface area (Å²) in [7, 11) is -2.71. The van der Waals surface area contributed by atoms with E-state index < -0.39 is 22.5 Å². The van der Waals surface area contributed by atoms with Crippen LogP contribution in [0.5, 0.6) is 11.5 Å². The third-order valence-corrected chi connectivity index (χ3v) is 6.54. The van der Waals surface area contributed by atoms with Crippen LogP contribution in [0.4, 0.5) is 10.1 Å². The Morgan fingerprint density at radius 1 is 1.06 bits per heavy atom. The number of amides is 1. The first-order chi connectivity index (χ1) is 15.8. The molecule has 0 aromatic heterocycles. The van der Waals surface area contributed by atoms with Crippen molar-refractivity contribution in [3.63, 3.8) is 0 Å². The van der Waals surface area contributed by atoms with Crippen LogP contribution in [0.25, 0.3) is 0 Å². The highest BCUT2D eigenvalue weighted by Gasteiger charge is 2.29. The van der Waals surface area contributed by atoms with Gasteiger partial charge in [-0.25, -0.2) is 12.8 Å². The van der Waals surface area contributed by atoms with Gasteiger partial charge in [-0.15, -0.1) is 0 Å². The van der Waals surface area contributed by atoms with Crippen molar-refractivity contribution in [2.24, 2.45) is 0 Å². The lowest BCUT2D eigenvalue weighted by atomic mass is 10.3. The van der Waals surface area contributed by atoms with Gasteiger partial charge in [0.1, 0.15) is 30.5 Å². The maximum Gasteiger partial charge on any atom is 0.264 e. The Balaban J connectivity index is 1.76. The number of hydrogen-bond donors (Lipinski definition) is 1. The first-order valence-corrected chi connectivity index (χ1v) is 11.7. The van der Waals surface area contributed by atoms with Crippen LogP contribution in [-0.4, -0.2) is 41.1 Å². The molecule has 174 valence electrons. The van der Waals surface area contributed by atoms with Crippen molar-refractivity contribution in [1.29, 1.82) is 0 Å². The molecular weight excluding hydrogens is 471 g/mol. The summed E-state index contributed by atoms with van der Waals surface area (Å²) in [5.41, 5.74) is 0.131. The SMILES string of the molecule is COc1ccc(Cl)cc1N(CC(=O)NCCOc1ccc(F)cc1)S(=O)(=O)c1ccccc1. The van der Waals surface area contributed by atoms with E-state index in [9.17, 15) is 17.6 Å². The van der Waals surface area contributed by atoms with Crippen LogP contribution in [-0.2, 0) is 14.8 Å². The normalized spacial score (nSPS) is 11.0. The summed E-state index contributed by atoms with van der Waals surface area (Å²) in [6.45, 7) is -0.282. The van der Waals surface area contributed by atoms with Gasteiger partial charge in [-0.05, 0) is 54.6 Å². The quantitative estimate of drug-likeness (QED) is 0.434. The third kappa shape index (κ3) is 6.36. The Hall–Kier alpha value is -3.30. The number of hydrogen-bond acceptors (Lipinski definition) is 5. The highest BCUT2D eigenvalue weighted by Crippen LogP contribution is 2.34. The second kappa shape index (κ2) is 11.0. The van der Waals surface area contributed by atoms with Crippen LogP contribution in [0.3, 0.4) is 0 Å². The number of carbonyl (C=O) groups is 1. The zero-order valence-corrected chi connectivity index (χ0v) is 19.3. The lowest BCUT2D eigenvalue weighted by molar-refractivity contribution is -0.119. The number of methoxy groups -OCH3 is 1. The van der Waals surface area contributed by atoms with Crippen molar-refractivity contribution in [3.05, 3.63) is 83.6 Å². The highest BCUT2D eigenvalue weighted by molar-refractivity contribution is 7.92. The molecule has 0 bridgehead atoms. The summed E-state index contributed by atoms with van der Waals surface area (Å²) in [6.07, 6.45) is 0. The second-order valence-corrected chi connectivity index (χ2v) is 9.09. The van der Waals surface area contributed by atoms with Crippen molar-refractivity contribution in [3.8, 4) is 11.5 Å². The van der Waals surface area contributed by atoms with Gasteiger partial charge in [-0.2, -0.15) is 0 Å². The Morgan fingerprint density at radius 3 is 2.42 bits per heavy atom. The summed E-state index contributed by atoms with van der Waals surface area (Å²) in [6, 6.07) is 17.7. The van der Waals surface area contributed by atoms with Crippen LogP contribution in [0, 0.1) is 5.82 Å². The number of halogens is 2. The van der Waals surface area contributed by atoms with Gasteiger partial charge in [0.05, 0.1) is 24.2 Å². The van der Waals surface area contributed by atoms with Gasteiger partial charge < -0.3 is 14.8 Å². The predicted octanol–water partition coefficient (Wildman–Crippen LogP) is 3.88. The van der Waals surface area contributed by atoms with E-state index in [0.29, 0.717) is 5.75 Å². The molecule has 0 saturated heterocycles. The average molecular weight is 493 g/mol. The fourth-order valence-electron chi connectivity index (χ4n) is 2.95. The summed E-state index contributed by atoms with van der Waals surface area (Å²) in [4.78, 5) is 12.7. The molecule has 1 N–H and O–H groups in total. The summed E-state index contributed by atoms with van der Waals surface area (Å²) in [5, 5.41) is 2.91. The van der Waals surface area contributed by atoms with Gasteiger partial charge in [0.15, 0.2) is 0 Å². The molecule has 1 amide bonds. The van der Waals surface area contributed by atoms with Crippen LogP contribution in [0.1, 0.15) is 0 Å².